The molecule has 5 heteroatoms. The van der Waals surface area contributed by atoms with Crippen molar-refractivity contribution in [2.75, 3.05) is 25.4 Å². The molecular weight excluding hydrogens is 212 g/mol. The number of hydrogen-bond acceptors (Lipinski definition) is 3. The quantitative estimate of drug-likeness (QED) is 0.783. The highest BCUT2D eigenvalue weighted by Gasteiger charge is 2.27. The molecule has 0 aromatic carbocycles. The van der Waals surface area contributed by atoms with E-state index in [1.165, 1.54) is 0 Å². The lowest BCUT2D eigenvalue weighted by atomic mass is 10.2. The van der Waals surface area contributed by atoms with Gasteiger partial charge in [-0.15, -0.1) is 0 Å². The Balaban J connectivity index is 2.65. The van der Waals surface area contributed by atoms with E-state index in [1.54, 1.807) is 4.31 Å². The molecule has 1 fully saturated rings. The van der Waals surface area contributed by atoms with Gasteiger partial charge in [-0.2, -0.15) is 4.31 Å². The Labute approximate surface area is 93.1 Å². The zero-order valence-corrected chi connectivity index (χ0v) is 10.5. The van der Waals surface area contributed by atoms with Gasteiger partial charge in [0, 0.05) is 19.1 Å². The van der Waals surface area contributed by atoms with E-state index in [-0.39, 0.29) is 6.04 Å². The van der Waals surface area contributed by atoms with Crippen molar-refractivity contribution in [2.45, 2.75) is 39.2 Å². The highest BCUT2D eigenvalue weighted by atomic mass is 32.2. The summed E-state index contributed by atoms with van der Waals surface area (Å²) in [4.78, 5) is 0. The van der Waals surface area contributed by atoms with Crippen LogP contribution in [0.25, 0.3) is 0 Å². The first kappa shape index (κ1) is 12.9. The molecule has 0 bridgehead atoms. The van der Waals surface area contributed by atoms with Crippen LogP contribution in [0.4, 0.5) is 0 Å². The van der Waals surface area contributed by atoms with Gasteiger partial charge in [0.2, 0.25) is 10.0 Å². The van der Waals surface area contributed by atoms with Crippen molar-refractivity contribution in [3.63, 3.8) is 0 Å². The molecule has 1 N–H and O–H groups in total. The normalized spacial score (nSPS) is 25.1. The number of hydrogen-bond donors (Lipinski definition) is 1. The van der Waals surface area contributed by atoms with Crippen molar-refractivity contribution in [3.8, 4) is 0 Å². The van der Waals surface area contributed by atoms with Crippen LogP contribution in [0.1, 0.15) is 33.1 Å². The van der Waals surface area contributed by atoms with Crippen molar-refractivity contribution in [3.05, 3.63) is 0 Å². The predicted octanol–water partition coefficient (Wildman–Crippen LogP) is 0.800. The number of rotatable bonds is 4. The van der Waals surface area contributed by atoms with E-state index < -0.39 is 10.0 Å². The summed E-state index contributed by atoms with van der Waals surface area (Å²) in [5, 5.41) is 3.23. The summed E-state index contributed by atoms with van der Waals surface area (Å²) in [6, 6.07) is 0.141. The summed E-state index contributed by atoms with van der Waals surface area (Å²) in [6.07, 6.45) is 2.60. The maximum atomic E-state index is 12.0. The second-order valence-electron chi connectivity index (χ2n) is 4.17. The van der Waals surface area contributed by atoms with Gasteiger partial charge in [-0.25, -0.2) is 8.42 Å². The van der Waals surface area contributed by atoms with Gasteiger partial charge < -0.3 is 5.32 Å². The molecule has 0 amide bonds. The van der Waals surface area contributed by atoms with E-state index >= 15 is 0 Å². The lowest BCUT2D eigenvalue weighted by molar-refractivity contribution is 0.350. The Kier molecular flexibility index (Phi) is 5.02. The van der Waals surface area contributed by atoms with Crippen LogP contribution < -0.4 is 5.32 Å². The van der Waals surface area contributed by atoms with E-state index in [4.69, 9.17) is 0 Å². The average molecular weight is 234 g/mol. The lowest BCUT2D eigenvalue weighted by Crippen LogP contribution is -2.40. The Morgan fingerprint density at radius 1 is 1.40 bits per heavy atom. The van der Waals surface area contributed by atoms with Crippen LogP contribution in [0.5, 0.6) is 0 Å². The molecule has 1 aliphatic rings. The molecule has 0 aromatic rings. The third-order valence-electron chi connectivity index (χ3n) is 2.85. The molecule has 15 heavy (non-hydrogen) atoms. The Morgan fingerprint density at radius 3 is 2.80 bits per heavy atom. The fraction of sp³-hybridized carbons (Fsp3) is 1.00. The maximum absolute atomic E-state index is 12.0. The van der Waals surface area contributed by atoms with Crippen LogP contribution in [0.3, 0.4) is 0 Å². The molecule has 0 aliphatic carbocycles. The first-order valence-electron chi connectivity index (χ1n) is 5.78. The maximum Gasteiger partial charge on any atom is 0.214 e. The Hall–Kier alpha value is -0.130. The molecule has 0 spiro atoms. The summed E-state index contributed by atoms with van der Waals surface area (Å²) < 4.78 is 25.7. The topological polar surface area (TPSA) is 49.4 Å². The van der Waals surface area contributed by atoms with E-state index in [9.17, 15) is 8.42 Å². The van der Waals surface area contributed by atoms with Gasteiger partial charge in [-0.3, -0.25) is 0 Å². The minimum Gasteiger partial charge on any atom is -0.315 e. The van der Waals surface area contributed by atoms with Crippen molar-refractivity contribution < 1.29 is 8.42 Å². The highest BCUT2D eigenvalue weighted by molar-refractivity contribution is 7.89. The number of unbranched alkanes of at least 4 members (excludes halogenated alkanes) is 1. The average Bonchev–Trinajstić information content (AvgIpc) is 2.40. The van der Waals surface area contributed by atoms with Gasteiger partial charge in [-0.1, -0.05) is 13.3 Å². The second-order valence-corrected chi connectivity index (χ2v) is 6.21. The SMILES string of the molecule is CCCCS(=O)(=O)N1CCNCCC1C. The van der Waals surface area contributed by atoms with Gasteiger partial charge in [-0.05, 0) is 26.3 Å². The molecule has 1 unspecified atom stereocenters. The molecule has 1 rings (SSSR count). The Bertz CT molecular complexity index is 277. The molecule has 4 nitrogen and oxygen atoms in total. The molecule has 1 saturated heterocycles. The summed E-state index contributed by atoms with van der Waals surface area (Å²) in [5.41, 5.74) is 0. The zero-order valence-electron chi connectivity index (χ0n) is 9.70. The van der Waals surface area contributed by atoms with E-state index in [0.29, 0.717) is 12.3 Å². The molecule has 0 radical (unpaired) electrons. The van der Waals surface area contributed by atoms with Crippen LogP contribution in [-0.4, -0.2) is 44.2 Å². The zero-order chi connectivity index (χ0) is 11.3. The third kappa shape index (κ3) is 3.74. The lowest BCUT2D eigenvalue weighted by Gasteiger charge is -2.25. The van der Waals surface area contributed by atoms with Crippen molar-refractivity contribution in [2.24, 2.45) is 0 Å². The highest BCUT2D eigenvalue weighted by Crippen LogP contribution is 2.13. The molecule has 90 valence electrons. The van der Waals surface area contributed by atoms with Gasteiger partial charge in [0.15, 0.2) is 0 Å². The molecule has 1 atom stereocenters. The van der Waals surface area contributed by atoms with Gasteiger partial charge in [0.05, 0.1) is 5.75 Å². The molecule has 0 saturated carbocycles. The standard InChI is InChI=1S/C10H22N2O2S/c1-3-4-9-15(13,14)12-8-7-11-6-5-10(12)2/h10-11H,3-9H2,1-2H3. The smallest absolute Gasteiger partial charge is 0.214 e. The van der Waals surface area contributed by atoms with Crippen LogP contribution in [0, 0.1) is 0 Å². The fourth-order valence-electron chi connectivity index (χ4n) is 1.85. The number of nitrogens with zero attached hydrogens (tertiary/aromatic N) is 1. The minimum absolute atomic E-state index is 0.141. The van der Waals surface area contributed by atoms with Crippen LogP contribution in [-0.2, 0) is 10.0 Å². The molecule has 1 heterocycles. The summed E-state index contributed by atoms with van der Waals surface area (Å²) in [6.45, 7) is 6.32. The molecule has 0 aromatic heterocycles. The molecule has 1 aliphatic heterocycles. The van der Waals surface area contributed by atoms with Crippen molar-refractivity contribution in [1.29, 1.82) is 0 Å². The van der Waals surface area contributed by atoms with Crippen LogP contribution in [0.15, 0.2) is 0 Å². The molecular formula is C10H22N2O2S. The third-order valence-corrected chi connectivity index (χ3v) is 4.91. The largest absolute Gasteiger partial charge is 0.315 e. The van der Waals surface area contributed by atoms with E-state index in [1.807, 2.05) is 13.8 Å². The van der Waals surface area contributed by atoms with Crippen LogP contribution >= 0.6 is 0 Å². The summed E-state index contributed by atoms with van der Waals surface area (Å²) in [5.74, 6) is 0.299. The minimum atomic E-state index is -3.02. The van der Waals surface area contributed by atoms with Crippen molar-refractivity contribution in [1.82, 2.24) is 9.62 Å². The van der Waals surface area contributed by atoms with Gasteiger partial charge >= 0.3 is 0 Å². The first-order chi connectivity index (χ1) is 7.08. The van der Waals surface area contributed by atoms with E-state index in [2.05, 4.69) is 5.32 Å². The van der Waals surface area contributed by atoms with Gasteiger partial charge in [0.1, 0.15) is 0 Å². The van der Waals surface area contributed by atoms with Crippen LogP contribution in [0.2, 0.25) is 0 Å². The van der Waals surface area contributed by atoms with E-state index in [0.717, 1.165) is 32.4 Å². The monoisotopic (exact) mass is 234 g/mol. The number of nitrogens with one attached hydrogen (secondary N) is 1. The van der Waals surface area contributed by atoms with Crippen molar-refractivity contribution >= 4 is 10.0 Å². The predicted molar refractivity (Wildman–Crippen MR) is 62.3 cm³/mol. The number of sulfonamides is 1. The summed E-state index contributed by atoms with van der Waals surface area (Å²) in [7, 11) is -3.02. The summed E-state index contributed by atoms with van der Waals surface area (Å²) >= 11 is 0. The fourth-order valence-corrected chi connectivity index (χ4v) is 3.76. The van der Waals surface area contributed by atoms with Gasteiger partial charge in [0.25, 0.3) is 0 Å². The Morgan fingerprint density at radius 2 is 2.13 bits per heavy atom. The second kappa shape index (κ2) is 5.82. The first-order valence-corrected chi connectivity index (χ1v) is 7.39.